The molecular weight excluding hydrogens is 376 g/mol. The Morgan fingerprint density at radius 2 is 1.50 bits per heavy atom. The Labute approximate surface area is 161 Å². The number of aliphatic hydroxyl groups excluding tert-OH is 1. The van der Waals surface area contributed by atoms with Crippen molar-refractivity contribution in [2.75, 3.05) is 6.54 Å². The molecule has 4 unspecified atom stereocenters. The van der Waals surface area contributed by atoms with E-state index in [4.69, 9.17) is 15.9 Å². The first-order chi connectivity index (χ1) is 12.9. The van der Waals surface area contributed by atoms with E-state index in [0.717, 1.165) is 0 Å². The number of carboxylic acid groups (broad SMARTS) is 2. The fourth-order valence-electron chi connectivity index (χ4n) is 2.09. The van der Waals surface area contributed by atoms with Crippen molar-refractivity contribution in [2.45, 2.75) is 57.8 Å². The van der Waals surface area contributed by atoms with Gasteiger partial charge in [-0.1, -0.05) is 13.8 Å². The molecule has 28 heavy (non-hydrogen) atoms. The fraction of sp³-hybridized carbons (Fsp3) is 0.688. The third-order valence-electron chi connectivity index (χ3n) is 3.74. The number of aliphatic carboxylic acids is 2. The SMILES string of the molecule is CC(C)C(NC(=O)CNC(=O)C(NC(=O)C(N)CCC(=O)O)C(C)O)C(=O)O. The van der Waals surface area contributed by atoms with Gasteiger partial charge in [0.25, 0.3) is 0 Å². The molecule has 0 saturated carbocycles. The molecular formula is C16H28N4O8. The van der Waals surface area contributed by atoms with Crippen molar-refractivity contribution < 1.29 is 39.3 Å². The van der Waals surface area contributed by atoms with Gasteiger partial charge in [-0.25, -0.2) is 4.79 Å². The molecule has 0 aromatic carbocycles. The number of carbonyl (C=O) groups is 5. The number of rotatable bonds is 12. The second-order valence-electron chi connectivity index (χ2n) is 6.61. The lowest BCUT2D eigenvalue weighted by Crippen LogP contribution is -2.57. The maximum atomic E-state index is 12.1. The Bertz CT molecular complexity index is 593. The number of nitrogens with one attached hydrogen (secondary N) is 3. The van der Waals surface area contributed by atoms with Gasteiger partial charge in [0.05, 0.1) is 18.7 Å². The van der Waals surface area contributed by atoms with Gasteiger partial charge in [0, 0.05) is 6.42 Å². The molecule has 4 atom stereocenters. The van der Waals surface area contributed by atoms with Crippen LogP contribution in [0.15, 0.2) is 0 Å². The molecule has 0 aliphatic carbocycles. The number of amides is 3. The van der Waals surface area contributed by atoms with Crippen LogP contribution in [-0.4, -0.2) is 75.8 Å². The standard InChI is InChI=1S/C16H28N4O8/c1-7(2)12(16(27)28)19-10(22)6-18-15(26)13(8(3)21)20-14(25)9(17)4-5-11(23)24/h7-9,12-13,21H,4-6,17H2,1-3H3,(H,18,26)(H,19,22)(H,20,25)(H,23,24)(H,27,28). The van der Waals surface area contributed by atoms with Crippen molar-refractivity contribution in [1.82, 2.24) is 16.0 Å². The van der Waals surface area contributed by atoms with Crippen molar-refractivity contribution in [2.24, 2.45) is 11.7 Å². The topological polar surface area (TPSA) is 208 Å². The maximum absolute atomic E-state index is 12.1. The van der Waals surface area contributed by atoms with Crippen molar-refractivity contribution in [3.63, 3.8) is 0 Å². The second kappa shape index (κ2) is 11.9. The van der Waals surface area contributed by atoms with Crippen molar-refractivity contribution in [3.05, 3.63) is 0 Å². The molecule has 0 rings (SSSR count). The van der Waals surface area contributed by atoms with Crippen LogP contribution in [0.5, 0.6) is 0 Å². The van der Waals surface area contributed by atoms with Gasteiger partial charge < -0.3 is 37.0 Å². The zero-order valence-electron chi connectivity index (χ0n) is 16.0. The number of nitrogens with two attached hydrogens (primary N) is 1. The Morgan fingerprint density at radius 1 is 0.929 bits per heavy atom. The summed E-state index contributed by atoms with van der Waals surface area (Å²) in [6.45, 7) is 3.86. The van der Waals surface area contributed by atoms with Gasteiger partial charge in [-0.05, 0) is 19.3 Å². The highest BCUT2D eigenvalue weighted by atomic mass is 16.4. The molecule has 0 aliphatic heterocycles. The van der Waals surface area contributed by atoms with Crippen LogP contribution in [0.3, 0.4) is 0 Å². The summed E-state index contributed by atoms with van der Waals surface area (Å²) in [5.74, 6) is -5.23. The summed E-state index contributed by atoms with van der Waals surface area (Å²) >= 11 is 0. The summed E-state index contributed by atoms with van der Waals surface area (Å²) < 4.78 is 0. The predicted octanol–water partition coefficient (Wildman–Crippen LogP) is -2.61. The minimum atomic E-state index is -1.43. The van der Waals surface area contributed by atoms with Crippen LogP contribution in [0.25, 0.3) is 0 Å². The summed E-state index contributed by atoms with van der Waals surface area (Å²) in [6, 6.07) is -3.77. The highest BCUT2D eigenvalue weighted by Gasteiger charge is 2.29. The molecule has 0 aromatic heterocycles. The minimum absolute atomic E-state index is 0.163. The maximum Gasteiger partial charge on any atom is 0.326 e. The zero-order valence-corrected chi connectivity index (χ0v) is 16.0. The van der Waals surface area contributed by atoms with Crippen LogP contribution >= 0.6 is 0 Å². The van der Waals surface area contributed by atoms with Crippen molar-refractivity contribution in [3.8, 4) is 0 Å². The van der Waals surface area contributed by atoms with E-state index in [2.05, 4.69) is 16.0 Å². The van der Waals surface area contributed by atoms with Crippen LogP contribution < -0.4 is 21.7 Å². The van der Waals surface area contributed by atoms with Gasteiger partial charge in [0.1, 0.15) is 12.1 Å². The largest absolute Gasteiger partial charge is 0.481 e. The average Bonchev–Trinajstić information content (AvgIpc) is 2.58. The minimum Gasteiger partial charge on any atom is -0.481 e. The van der Waals surface area contributed by atoms with Crippen LogP contribution in [0.1, 0.15) is 33.6 Å². The van der Waals surface area contributed by atoms with Crippen molar-refractivity contribution in [1.29, 1.82) is 0 Å². The average molecular weight is 404 g/mol. The third-order valence-corrected chi connectivity index (χ3v) is 3.74. The number of aliphatic hydroxyl groups is 1. The van der Waals surface area contributed by atoms with Gasteiger partial charge >= 0.3 is 11.9 Å². The number of carbonyl (C=O) groups excluding carboxylic acids is 3. The predicted molar refractivity (Wildman–Crippen MR) is 95.9 cm³/mol. The van der Waals surface area contributed by atoms with Crippen LogP contribution in [0.4, 0.5) is 0 Å². The Hall–Kier alpha value is -2.73. The summed E-state index contributed by atoms with van der Waals surface area (Å²) in [5, 5.41) is 33.9. The quantitative estimate of drug-likeness (QED) is 0.181. The van der Waals surface area contributed by atoms with Gasteiger partial charge in [0.2, 0.25) is 17.7 Å². The lowest BCUT2D eigenvalue weighted by molar-refractivity contribution is -0.143. The molecule has 160 valence electrons. The molecule has 0 heterocycles. The first-order valence-electron chi connectivity index (χ1n) is 8.62. The van der Waals surface area contributed by atoms with Crippen LogP contribution in [0, 0.1) is 5.92 Å². The molecule has 12 nitrogen and oxygen atoms in total. The van der Waals surface area contributed by atoms with E-state index in [-0.39, 0.29) is 18.8 Å². The first kappa shape index (κ1) is 25.3. The molecule has 0 spiro atoms. The molecule has 0 radical (unpaired) electrons. The fourth-order valence-corrected chi connectivity index (χ4v) is 2.09. The molecule has 0 bridgehead atoms. The van der Waals surface area contributed by atoms with E-state index in [9.17, 15) is 29.1 Å². The summed E-state index contributed by atoms with van der Waals surface area (Å²) in [6.07, 6.45) is -1.84. The number of carboxylic acids is 2. The summed E-state index contributed by atoms with van der Waals surface area (Å²) in [4.78, 5) is 57.5. The van der Waals surface area contributed by atoms with E-state index in [1.807, 2.05) is 0 Å². The number of hydrogen-bond donors (Lipinski definition) is 7. The molecule has 0 saturated heterocycles. The first-order valence-corrected chi connectivity index (χ1v) is 8.62. The second-order valence-corrected chi connectivity index (χ2v) is 6.61. The van der Waals surface area contributed by atoms with E-state index < -0.39 is 60.4 Å². The van der Waals surface area contributed by atoms with Gasteiger partial charge in [-0.3, -0.25) is 19.2 Å². The van der Waals surface area contributed by atoms with Gasteiger partial charge in [0.15, 0.2) is 0 Å². The van der Waals surface area contributed by atoms with Gasteiger partial charge in [-0.2, -0.15) is 0 Å². The van der Waals surface area contributed by atoms with Crippen molar-refractivity contribution >= 4 is 29.7 Å². The molecule has 8 N–H and O–H groups in total. The van der Waals surface area contributed by atoms with Crippen LogP contribution in [0.2, 0.25) is 0 Å². The Kier molecular flexibility index (Phi) is 10.7. The monoisotopic (exact) mass is 404 g/mol. The van der Waals surface area contributed by atoms with E-state index in [1.165, 1.54) is 6.92 Å². The van der Waals surface area contributed by atoms with E-state index >= 15 is 0 Å². The highest BCUT2D eigenvalue weighted by Crippen LogP contribution is 2.02. The van der Waals surface area contributed by atoms with Crippen LogP contribution in [-0.2, 0) is 24.0 Å². The normalized spacial score (nSPS) is 15.1. The summed E-state index contributed by atoms with van der Waals surface area (Å²) in [5.41, 5.74) is 5.54. The molecule has 0 aliphatic rings. The lowest BCUT2D eigenvalue weighted by Gasteiger charge is -2.23. The summed E-state index contributed by atoms with van der Waals surface area (Å²) in [7, 11) is 0. The van der Waals surface area contributed by atoms with Gasteiger partial charge in [-0.15, -0.1) is 0 Å². The third kappa shape index (κ3) is 9.28. The Morgan fingerprint density at radius 3 is 1.93 bits per heavy atom. The smallest absolute Gasteiger partial charge is 0.326 e. The Balaban J connectivity index is 4.74. The zero-order chi connectivity index (χ0) is 22.0. The molecule has 12 heteroatoms. The van der Waals surface area contributed by atoms with E-state index in [0.29, 0.717) is 0 Å². The number of hydrogen-bond acceptors (Lipinski definition) is 7. The lowest BCUT2D eigenvalue weighted by atomic mass is 10.0. The molecule has 0 aromatic rings. The molecule has 3 amide bonds. The molecule has 0 fully saturated rings. The van der Waals surface area contributed by atoms with E-state index in [1.54, 1.807) is 13.8 Å². The highest BCUT2D eigenvalue weighted by molar-refractivity contribution is 5.93.